The largest absolute Gasteiger partial charge is 1.00 e. The zero-order valence-electron chi connectivity index (χ0n) is 3.30. The Balaban J connectivity index is -0.0000000200. The van der Waals surface area contributed by atoms with Crippen LogP contribution in [0, 0.1) is 0 Å². The summed E-state index contributed by atoms with van der Waals surface area (Å²) >= 11 is 7.81. The molecule has 0 aromatic heterocycles. The predicted octanol–water partition coefficient (Wildman–Crippen LogP) is -1.64. The van der Waals surface area contributed by atoms with Crippen LogP contribution >= 0.6 is 18.8 Å². The van der Waals surface area contributed by atoms with E-state index >= 15 is 0 Å². The van der Waals surface area contributed by atoms with E-state index in [1.54, 1.807) is 0 Å². The summed E-state index contributed by atoms with van der Waals surface area (Å²) in [5.41, 5.74) is 0. The molecule has 0 nitrogen and oxygen atoms in total. The molecule has 0 N–H and O–H groups in total. The molecule has 0 aromatic rings. The third kappa shape index (κ3) is 8.82. The van der Waals surface area contributed by atoms with E-state index in [-0.39, 0.29) is 52.8 Å². The fraction of sp³-hybridized carbons (Fsp3) is 0. The minimum Gasteiger partial charge on any atom is -1.00 e. The molecule has 0 aliphatic carbocycles. The maximum absolute atomic E-state index is 4.23. The molecule has 0 aliphatic heterocycles. The first-order valence-corrected chi connectivity index (χ1v) is 3.44. The smallest absolute Gasteiger partial charge is 1.00 e. The molecule has 0 bridgehead atoms. The summed E-state index contributed by atoms with van der Waals surface area (Å²) in [5.74, 6) is 0. The van der Waals surface area contributed by atoms with E-state index in [9.17, 15) is 0 Å². The van der Waals surface area contributed by atoms with Crippen molar-refractivity contribution in [2.24, 2.45) is 0 Å². The summed E-state index contributed by atoms with van der Waals surface area (Å²) < 4.78 is 0. The standard InChI is InChI=1S/K.HPS2.H/c;2-1-3;/h;(H,2,3);/q+1;;-1. The summed E-state index contributed by atoms with van der Waals surface area (Å²) in [7, 11) is 0. The molecule has 0 aliphatic rings. The van der Waals surface area contributed by atoms with Crippen LogP contribution in [-0.4, -0.2) is 0 Å². The van der Waals surface area contributed by atoms with E-state index in [1.807, 2.05) is 0 Å². The van der Waals surface area contributed by atoms with Gasteiger partial charge in [-0.2, -0.15) is 0 Å². The molecule has 20 valence electrons. The second-order valence-electron chi connectivity index (χ2n) is 0.0816. The summed E-state index contributed by atoms with van der Waals surface area (Å²) in [6.45, 7) is 0.694. The molecule has 0 amide bonds. The summed E-state index contributed by atoms with van der Waals surface area (Å²) in [6, 6.07) is 0. The third-order valence-corrected chi connectivity index (χ3v) is 0. The number of rotatable bonds is 0. The van der Waals surface area contributed by atoms with Crippen molar-refractivity contribution in [3.8, 4) is 0 Å². The Morgan fingerprint density at radius 1 is 2.00 bits per heavy atom. The van der Waals surface area contributed by atoms with Gasteiger partial charge in [-0.05, 0) is 11.8 Å². The van der Waals surface area contributed by atoms with Crippen molar-refractivity contribution in [3.05, 3.63) is 0 Å². The average molecular weight is 136 g/mol. The Morgan fingerprint density at radius 3 is 2.00 bits per heavy atom. The molecule has 0 heterocycles. The maximum Gasteiger partial charge on any atom is 1.00 e. The van der Waals surface area contributed by atoms with E-state index in [0.717, 1.165) is 0 Å². The van der Waals surface area contributed by atoms with E-state index in [1.165, 1.54) is 0 Å². The molecule has 0 atom stereocenters. The molecule has 0 radical (unpaired) electrons. The van der Waals surface area contributed by atoms with Crippen molar-refractivity contribution < 1.29 is 52.8 Å². The van der Waals surface area contributed by atoms with E-state index < -0.39 is 0 Å². The van der Waals surface area contributed by atoms with Crippen molar-refractivity contribution in [1.82, 2.24) is 0 Å². The Bertz CT molecular complexity index is 17.1. The Kier molecular flexibility index (Phi) is 22.1. The van der Waals surface area contributed by atoms with E-state index in [0.29, 0.717) is 6.56 Å². The molecule has 4 heavy (non-hydrogen) atoms. The van der Waals surface area contributed by atoms with Crippen LogP contribution in [0.1, 0.15) is 1.43 Å². The van der Waals surface area contributed by atoms with Gasteiger partial charge in [0.1, 0.15) is 0 Å². The van der Waals surface area contributed by atoms with Crippen LogP contribution in [0.2, 0.25) is 0 Å². The van der Waals surface area contributed by atoms with Gasteiger partial charge in [-0.1, -0.05) is 0 Å². The quantitative estimate of drug-likeness (QED) is 0.237. The first-order chi connectivity index (χ1) is 1.41. The van der Waals surface area contributed by atoms with Crippen molar-refractivity contribution in [2.45, 2.75) is 0 Å². The minimum atomic E-state index is 0. The molecule has 0 rings (SSSR count). The van der Waals surface area contributed by atoms with Gasteiger partial charge in [-0.15, -0.1) is 12.2 Å². The third-order valence-electron chi connectivity index (χ3n) is 0. The topological polar surface area (TPSA) is 0 Å². The van der Waals surface area contributed by atoms with Crippen LogP contribution in [-0.2, 0) is 11.8 Å². The van der Waals surface area contributed by atoms with Gasteiger partial charge < -0.3 is 1.43 Å². The molecule has 0 saturated heterocycles. The molecule has 4 heteroatoms. The SMILES string of the molecule is S=PS.[H-].[K+]. The molecule has 0 saturated carbocycles. The predicted molar refractivity (Wildman–Crippen MR) is 24.4 cm³/mol. The van der Waals surface area contributed by atoms with Gasteiger partial charge in [0.05, 0.1) is 0 Å². The molecular weight excluding hydrogens is 134 g/mol. The zero-order valence-corrected chi connectivity index (χ0v) is 8.03. The number of hydrogen-bond donors (Lipinski definition) is 1. The number of thiol groups is 1. The van der Waals surface area contributed by atoms with Gasteiger partial charge in [0, 0.05) is 6.56 Å². The Morgan fingerprint density at radius 2 is 2.00 bits per heavy atom. The van der Waals surface area contributed by atoms with E-state index in [4.69, 9.17) is 0 Å². The van der Waals surface area contributed by atoms with Crippen LogP contribution in [0.5, 0.6) is 0 Å². The van der Waals surface area contributed by atoms with Crippen LogP contribution in [0.15, 0.2) is 0 Å². The first-order valence-electron chi connectivity index (χ1n) is 0.383. The minimum absolute atomic E-state index is 0. The zero-order chi connectivity index (χ0) is 2.71. The fourth-order valence-corrected chi connectivity index (χ4v) is 0. The van der Waals surface area contributed by atoms with Gasteiger partial charge in [-0.25, -0.2) is 0 Å². The second-order valence-corrected chi connectivity index (χ2v) is 2.20. The van der Waals surface area contributed by atoms with Gasteiger partial charge >= 0.3 is 51.4 Å². The van der Waals surface area contributed by atoms with Crippen molar-refractivity contribution in [3.63, 3.8) is 0 Å². The van der Waals surface area contributed by atoms with Crippen LogP contribution < -0.4 is 51.4 Å². The van der Waals surface area contributed by atoms with Crippen LogP contribution in [0.25, 0.3) is 0 Å². The summed E-state index contributed by atoms with van der Waals surface area (Å²) in [4.78, 5) is 0. The molecule has 0 spiro atoms. The van der Waals surface area contributed by atoms with Gasteiger partial charge in [0.15, 0.2) is 0 Å². The maximum atomic E-state index is 4.23. The first kappa shape index (κ1) is 9.71. The summed E-state index contributed by atoms with van der Waals surface area (Å²) in [6.07, 6.45) is 0. The fourth-order valence-electron chi connectivity index (χ4n) is 0. The van der Waals surface area contributed by atoms with Crippen molar-refractivity contribution in [2.75, 3.05) is 0 Å². The van der Waals surface area contributed by atoms with Gasteiger partial charge in [0.2, 0.25) is 0 Å². The normalized spacial score (nSPS) is 5.25. The number of hydrogen-bond acceptors (Lipinski definition) is 1. The molecule has 0 fully saturated rings. The summed E-state index contributed by atoms with van der Waals surface area (Å²) in [5, 5.41) is 0. The van der Waals surface area contributed by atoms with Gasteiger partial charge in [-0.3, -0.25) is 0 Å². The molecule has 0 unspecified atom stereocenters. The van der Waals surface area contributed by atoms with Crippen molar-refractivity contribution in [1.29, 1.82) is 0 Å². The van der Waals surface area contributed by atoms with Crippen molar-refractivity contribution >= 4 is 30.6 Å². The average Bonchev–Trinajstić information content (AvgIpc) is 0.918. The molecule has 0 aromatic carbocycles. The Labute approximate surface area is 81.6 Å². The van der Waals surface area contributed by atoms with E-state index in [2.05, 4.69) is 24.1 Å². The second kappa shape index (κ2) is 9.10. The van der Waals surface area contributed by atoms with Crippen LogP contribution in [0.3, 0.4) is 0 Å². The Hall–Kier alpha value is 2.51. The van der Waals surface area contributed by atoms with Gasteiger partial charge in [0.25, 0.3) is 0 Å². The van der Waals surface area contributed by atoms with Crippen LogP contribution in [0.4, 0.5) is 0 Å². The monoisotopic (exact) mass is 136 g/mol. The molecular formula is H2KPS2.